The van der Waals surface area contributed by atoms with Crippen molar-refractivity contribution in [1.82, 2.24) is 5.12 Å². The number of amides is 2. The number of hydrogen-bond donors (Lipinski definition) is 1. The fraction of sp³-hybridized carbons (Fsp3) is 0.250. The highest BCUT2D eigenvalue weighted by molar-refractivity contribution is 6.30. The lowest BCUT2D eigenvalue weighted by molar-refractivity contribution is -0.145. The zero-order chi connectivity index (χ0) is 20.1. The van der Waals surface area contributed by atoms with Gasteiger partial charge in [0.05, 0.1) is 6.04 Å². The second-order valence-electron chi connectivity index (χ2n) is 7.01. The van der Waals surface area contributed by atoms with Crippen molar-refractivity contribution in [3.63, 3.8) is 0 Å². The lowest BCUT2D eigenvalue weighted by Gasteiger charge is -2.30. The molecule has 0 bridgehead atoms. The maximum Gasteiger partial charge on any atom is 0.323 e. The van der Waals surface area contributed by atoms with Crippen molar-refractivity contribution in [2.24, 2.45) is 0 Å². The molecule has 2 heterocycles. The van der Waals surface area contributed by atoms with Crippen molar-refractivity contribution < 1.29 is 24.0 Å². The Kier molecular flexibility index (Phi) is 4.34. The first-order chi connectivity index (χ1) is 13.3. The number of fused-ring (bicyclic) bond motifs is 2. The number of carbonyl (C=O) groups excluding carboxylic acids is 2. The fourth-order valence-corrected chi connectivity index (χ4v) is 4.49. The summed E-state index contributed by atoms with van der Waals surface area (Å²) < 4.78 is 14.9. The van der Waals surface area contributed by atoms with E-state index in [9.17, 15) is 24.0 Å². The lowest BCUT2D eigenvalue weighted by atomic mass is 9.73. The van der Waals surface area contributed by atoms with Gasteiger partial charge in [0.15, 0.2) is 0 Å². The van der Waals surface area contributed by atoms with Gasteiger partial charge in [-0.3, -0.25) is 14.4 Å². The van der Waals surface area contributed by atoms with E-state index in [1.165, 1.54) is 0 Å². The molecular formula is C20H16ClFN2O4. The van der Waals surface area contributed by atoms with Crippen LogP contribution < -0.4 is 4.90 Å². The largest absolute Gasteiger partial charge is 0.480 e. The van der Waals surface area contributed by atoms with Crippen molar-refractivity contribution >= 4 is 35.1 Å². The van der Waals surface area contributed by atoms with E-state index >= 15 is 0 Å². The smallest absolute Gasteiger partial charge is 0.323 e. The lowest BCUT2D eigenvalue weighted by Crippen LogP contribution is -2.50. The summed E-state index contributed by atoms with van der Waals surface area (Å²) in [6, 6.07) is 12.4. The number of anilines is 1. The third-order valence-corrected chi connectivity index (χ3v) is 5.66. The second kappa shape index (κ2) is 6.60. The molecule has 0 aromatic heterocycles. The molecule has 2 aliphatic rings. The van der Waals surface area contributed by atoms with E-state index in [4.69, 9.17) is 11.6 Å². The minimum Gasteiger partial charge on any atom is -0.480 e. The summed E-state index contributed by atoms with van der Waals surface area (Å²) in [5.41, 5.74) is 0.0762. The van der Waals surface area contributed by atoms with Crippen molar-refractivity contribution in [2.75, 3.05) is 11.4 Å². The Morgan fingerprint density at radius 3 is 2.68 bits per heavy atom. The topological polar surface area (TPSA) is 77.9 Å². The van der Waals surface area contributed by atoms with E-state index in [0.717, 1.165) is 4.90 Å². The molecule has 1 N–H and O–H groups in total. The molecule has 0 saturated carbocycles. The summed E-state index contributed by atoms with van der Waals surface area (Å²) in [7, 11) is 0. The van der Waals surface area contributed by atoms with Gasteiger partial charge in [0, 0.05) is 17.1 Å². The van der Waals surface area contributed by atoms with Crippen LogP contribution in [-0.2, 0) is 26.2 Å². The van der Waals surface area contributed by atoms with Crippen molar-refractivity contribution in [2.45, 2.75) is 24.3 Å². The number of nitrogens with zero attached hydrogens (tertiary/aromatic N) is 2. The number of para-hydroxylation sites is 1. The third kappa shape index (κ3) is 2.65. The van der Waals surface area contributed by atoms with Crippen LogP contribution in [0.4, 0.5) is 10.2 Å². The molecule has 4 rings (SSSR count). The van der Waals surface area contributed by atoms with Gasteiger partial charge in [0.2, 0.25) is 5.91 Å². The first-order valence-electron chi connectivity index (χ1n) is 8.70. The number of carbonyl (C=O) groups is 3. The summed E-state index contributed by atoms with van der Waals surface area (Å²) in [6.45, 7) is -0.554. The molecule has 1 saturated heterocycles. The minimum absolute atomic E-state index is 0.0732. The molecule has 2 unspecified atom stereocenters. The van der Waals surface area contributed by atoms with Crippen LogP contribution in [0, 0.1) is 0 Å². The van der Waals surface area contributed by atoms with Gasteiger partial charge in [-0.1, -0.05) is 46.4 Å². The van der Waals surface area contributed by atoms with Crippen LogP contribution in [0.1, 0.15) is 17.5 Å². The van der Waals surface area contributed by atoms with Crippen LogP contribution in [0.5, 0.6) is 0 Å². The summed E-state index contributed by atoms with van der Waals surface area (Å²) in [6.07, 6.45) is -0.273. The van der Waals surface area contributed by atoms with Crippen LogP contribution in [0.25, 0.3) is 0 Å². The molecule has 0 aliphatic carbocycles. The summed E-state index contributed by atoms with van der Waals surface area (Å²) in [5, 5.41) is 9.80. The molecule has 1 spiro atoms. The van der Waals surface area contributed by atoms with Crippen molar-refractivity contribution in [3.05, 3.63) is 64.7 Å². The first-order valence-corrected chi connectivity index (χ1v) is 9.08. The molecule has 2 aliphatic heterocycles. The molecule has 2 amide bonds. The standard InChI is InChI=1S/C20H16ClFN2O4/c21-13-5-3-4-12(8-13)9-16-20(10-17(25)24(16)22)14-6-1-2-7-15(14)23(19(20)28)11-18(26)27/h1-8,16H,9-11H2,(H,26,27). The number of aliphatic carboxylic acids is 1. The second-order valence-corrected chi connectivity index (χ2v) is 7.44. The average Bonchev–Trinajstić information content (AvgIpc) is 3.03. The zero-order valence-electron chi connectivity index (χ0n) is 14.6. The molecule has 8 heteroatoms. The molecule has 144 valence electrons. The highest BCUT2D eigenvalue weighted by atomic mass is 35.5. The molecule has 2 aromatic rings. The monoisotopic (exact) mass is 402 g/mol. The Bertz CT molecular complexity index is 998. The number of hydrogen-bond acceptors (Lipinski definition) is 3. The molecule has 2 atom stereocenters. The van der Waals surface area contributed by atoms with Gasteiger partial charge in [-0.25, -0.2) is 0 Å². The van der Waals surface area contributed by atoms with E-state index in [-0.39, 0.29) is 18.0 Å². The highest BCUT2D eigenvalue weighted by Gasteiger charge is 2.63. The van der Waals surface area contributed by atoms with Crippen LogP contribution in [0.15, 0.2) is 48.5 Å². The minimum atomic E-state index is -1.47. The van der Waals surface area contributed by atoms with Gasteiger partial charge in [0.1, 0.15) is 12.0 Å². The predicted octanol–water partition coefficient (Wildman–Crippen LogP) is 2.74. The maximum absolute atomic E-state index is 14.9. The fourth-order valence-electron chi connectivity index (χ4n) is 4.28. The molecule has 2 aromatic carbocycles. The highest BCUT2D eigenvalue weighted by Crippen LogP contribution is 2.52. The van der Waals surface area contributed by atoms with E-state index in [0.29, 0.717) is 21.8 Å². The first kappa shape index (κ1) is 18.4. The number of carboxylic acids is 1. The Morgan fingerprint density at radius 2 is 1.96 bits per heavy atom. The number of benzene rings is 2. The normalized spacial score (nSPS) is 23.6. The van der Waals surface area contributed by atoms with Crippen molar-refractivity contribution in [3.8, 4) is 0 Å². The van der Waals surface area contributed by atoms with Crippen molar-refractivity contribution in [1.29, 1.82) is 0 Å². The molecular weight excluding hydrogens is 387 g/mol. The van der Waals surface area contributed by atoms with E-state index in [1.54, 1.807) is 48.5 Å². The summed E-state index contributed by atoms with van der Waals surface area (Å²) in [4.78, 5) is 38.1. The van der Waals surface area contributed by atoms with E-state index < -0.39 is 35.8 Å². The summed E-state index contributed by atoms with van der Waals surface area (Å²) >= 11 is 6.02. The van der Waals surface area contributed by atoms with Crippen LogP contribution >= 0.6 is 11.6 Å². The number of carboxylic acid groups (broad SMARTS) is 1. The Balaban J connectivity index is 1.84. The molecule has 6 nitrogen and oxygen atoms in total. The van der Waals surface area contributed by atoms with Gasteiger partial charge >= 0.3 is 5.97 Å². The SMILES string of the molecule is O=C(O)CN1C(=O)C2(CC(=O)N(F)C2Cc2cccc(Cl)c2)c2ccccc21. The maximum atomic E-state index is 14.9. The van der Waals surface area contributed by atoms with Gasteiger partial charge in [-0.2, -0.15) is 5.12 Å². The number of rotatable bonds is 4. The zero-order valence-corrected chi connectivity index (χ0v) is 15.4. The van der Waals surface area contributed by atoms with Gasteiger partial charge in [0.25, 0.3) is 5.91 Å². The Morgan fingerprint density at radius 1 is 1.21 bits per heavy atom. The quantitative estimate of drug-likeness (QED) is 0.798. The van der Waals surface area contributed by atoms with Gasteiger partial charge in [-0.05, 0) is 35.7 Å². The van der Waals surface area contributed by atoms with Crippen LogP contribution in [0.3, 0.4) is 0 Å². The average molecular weight is 403 g/mol. The van der Waals surface area contributed by atoms with Crippen LogP contribution in [-0.4, -0.2) is 40.6 Å². The Hall–Kier alpha value is -2.93. The van der Waals surface area contributed by atoms with E-state index in [1.807, 2.05) is 0 Å². The van der Waals surface area contributed by atoms with Gasteiger partial charge < -0.3 is 10.0 Å². The van der Waals surface area contributed by atoms with E-state index in [2.05, 4.69) is 0 Å². The van der Waals surface area contributed by atoms with Crippen LogP contribution in [0.2, 0.25) is 5.02 Å². The third-order valence-electron chi connectivity index (χ3n) is 5.42. The molecule has 1 fully saturated rings. The molecule has 28 heavy (non-hydrogen) atoms. The predicted molar refractivity (Wildman–Crippen MR) is 99.6 cm³/mol. The number of halogens is 2. The van der Waals surface area contributed by atoms with Gasteiger partial charge in [-0.15, -0.1) is 0 Å². The Labute approximate surface area is 165 Å². The molecule has 0 radical (unpaired) electrons. The summed E-state index contributed by atoms with van der Waals surface area (Å²) in [5.74, 6) is -2.56.